The highest BCUT2D eigenvalue weighted by Gasteiger charge is 2.30. The molecule has 1 aliphatic rings. The third-order valence-corrected chi connectivity index (χ3v) is 6.33. The lowest BCUT2D eigenvalue weighted by molar-refractivity contribution is -0.132. The molecular weight excluding hydrogens is 434 g/mol. The van der Waals surface area contributed by atoms with Crippen molar-refractivity contribution < 1.29 is 19.1 Å². The van der Waals surface area contributed by atoms with Crippen molar-refractivity contribution in [2.45, 2.75) is 31.9 Å². The van der Waals surface area contributed by atoms with E-state index in [4.69, 9.17) is 9.15 Å². The molecule has 0 aliphatic carbocycles. The molecule has 4 heterocycles. The average molecular weight is 460 g/mol. The molecule has 1 unspecified atom stereocenters. The Hall–Kier alpha value is -3.91. The van der Waals surface area contributed by atoms with Gasteiger partial charge in [0.25, 0.3) is 0 Å². The van der Waals surface area contributed by atoms with Crippen LogP contribution >= 0.6 is 0 Å². The maximum absolute atomic E-state index is 13.5. The van der Waals surface area contributed by atoms with Crippen LogP contribution in [0.1, 0.15) is 40.7 Å². The maximum Gasteiger partial charge on any atom is 0.227 e. The molecule has 5 rings (SSSR count). The van der Waals surface area contributed by atoms with Crippen LogP contribution in [0.3, 0.4) is 0 Å². The number of ether oxygens (including phenoxy) is 1. The standard InChI is InChI=1S/C26H25N3O5/c1-33-15-17-12-23(30)25(32)26(34-17)20(16-6-9-27-10-7-16)13-24(31)29-11-8-19-18-4-2-3-5-21(18)28-22(19)14-29/h2-7,9-10,12,20,28,32H,8,11,13-15H2,1H3. The van der Waals surface area contributed by atoms with Gasteiger partial charge in [0.2, 0.25) is 17.1 Å². The molecule has 0 fully saturated rings. The van der Waals surface area contributed by atoms with Crippen molar-refractivity contribution in [2.24, 2.45) is 0 Å². The molecule has 0 saturated carbocycles. The number of nitrogens with zero attached hydrogens (tertiary/aromatic N) is 2. The van der Waals surface area contributed by atoms with Gasteiger partial charge in [-0.3, -0.25) is 14.6 Å². The zero-order chi connectivity index (χ0) is 23.7. The zero-order valence-corrected chi connectivity index (χ0v) is 18.8. The Labute approximate surface area is 195 Å². The topological polar surface area (TPSA) is 109 Å². The number of carbonyl (C=O) groups is 1. The van der Waals surface area contributed by atoms with Crippen molar-refractivity contribution >= 4 is 16.8 Å². The highest BCUT2D eigenvalue weighted by molar-refractivity contribution is 5.86. The normalized spacial score (nSPS) is 14.2. The van der Waals surface area contributed by atoms with Gasteiger partial charge in [-0.05, 0) is 35.7 Å². The van der Waals surface area contributed by atoms with Crippen molar-refractivity contribution in [3.8, 4) is 5.75 Å². The summed E-state index contributed by atoms with van der Waals surface area (Å²) in [5.74, 6) is -0.893. The molecule has 8 nitrogen and oxygen atoms in total. The number of benzene rings is 1. The Balaban J connectivity index is 1.46. The zero-order valence-electron chi connectivity index (χ0n) is 18.8. The molecule has 0 radical (unpaired) electrons. The minimum atomic E-state index is -0.649. The second-order valence-corrected chi connectivity index (χ2v) is 8.45. The lowest BCUT2D eigenvalue weighted by atomic mass is 9.92. The van der Waals surface area contributed by atoms with Gasteiger partial charge in [0.15, 0.2) is 5.76 Å². The summed E-state index contributed by atoms with van der Waals surface area (Å²) >= 11 is 0. The molecule has 2 N–H and O–H groups in total. The molecule has 8 heteroatoms. The molecule has 0 spiro atoms. The molecule has 1 amide bonds. The SMILES string of the molecule is COCc1cc(=O)c(O)c(C(CC(=O)N2CCc3c([nH]c4ccccc34)C2)c2ccncc2)o1. The van der Waals surface area contributed by atoms with Crippen LogP contribution in [-0.2, 0) is 29.1 Å². The molecule has 0 bridgehead atoms. The first-order valence-corrected chi connectivity index (χ1v) is 11.2. The number of methoxy groups -OCH3 is 1. The third kappa shape index (κ3) is 4.08. The van der Waals surface area contributed by atoms with E-state index in [9.17, 15) is 14.7 Å². The van der Waals surface area contributed by atoms with Crippen LogP contribution in [0.5, 0.6) is 5.75 Å². The van der Waals surface area contributed by atoms with Crippen LogP contribution in [-0.4, -0.2) is 39.5 Å². The summed E-state index contributed by atoms with van der Waals surface area (Å²) in [5.41, 5.74) is 3.51. The molecular formula is C26H25N3O5. The number of H-pyrrole nitrogens is 1. The Bertz CT molecular complexity index is 1390. The average Bonchev–Trinajstić information content (AvgIpc) is 3.23. The molecule has 3 aromatic heterocycles. The first-order chi connectivity index (χ1) is 16.5. The van der Waals surface area contributed by atoms with Gasteiger partial charge in [-0.25, -0.2) is 0 Å². The van der Waals surface area contributed by atoms with E-state index in [2.05, 4.69) is 16.0 Å². The number of aromatic nitrogens is 2. The first kappa shape index (κ1) is 21.9. The van der Waals surface area contributed by atoms with Gasteiger partial charge in [-0.1, -0.05) is 18.2 Å². The molecule has 174 valence electrons. The van der Waals surface area contributed by atoms with Gasteiger partial charge in [-0.15, -0.1) is 0 Å². The van der Waals surface area contributed by atoms with E-state index < -0.39 is 17.1 Å². The number of carbonyl (C=O) groups excluding carboxylic acids is 1. The van der Waals surface area contributed by atoms with Gasteiger partial charge in [0.1, 0.15) is 12.4 Å². The number of para-hydroxylation sites is 1. The summed E-state index contributed by atoms with van der Waals surface area (Å²) in [6, 6.07) is 12.9. The number of amides is 1. The Morgan fingerprint density at radius 1 is 1.26 bits per heavy atom. The first-order valence-electron chi connectivity index (χ1n) is 11.2. The van der Waals surface area contributed by atoms with Crippen LogP contribution in [0.15, 0.2) is 64.1 Å². The van der Waals surface area contributed by atoms with Crippen LogP contribution < -0.4 is 5.43 Å². The highest BCUT2D eigenvalue weighted by Crippen LogP contribution is 2.34. The summed E-state index contributed by atoms with van der Waals surface area (Å²) in [6.45, 7) is 1.15. The van der Waals surface area contributed by atoms with Crippen molar-refractivity contribution in [1.82, 2.24) is 14.9 Å². The van der Waals surface area contributed by atoms with Gasteiger partial charge < -0.3 is 24.1 Å². The number of hydrogen-bond acceptors (Lipinski definition) is 6. The lowest BCUT2D eigenvalue weighted by Gasteiger charge is -2.29. The number of pyridine rings is 1. The van der Waals surface area contributed by atoms with Gasteiger partial charge in [-0.2, -0.15) is 0 Å². The minimum Gasteiger partial charge on any atom is -0.502 e. The Morgan fingerprint density at radius 2 is 2.06 bits per heavy atom. The van der Waals surface area contributed by atoms with E-state index in [-0.39, 0.29) is 30.5 Å². The van der Waals surface area contributed by atoms with Gasteiger partial charge >= 0.3 is 0 Å². The van der Waals surface area contributed by atoms with Crippen molar-refractivity contribution in [3.05, 3.63) is 93.4 Å². The van der Waals surface area contributed by atoms with E-state index in [1.165, 1.54) is 24.1 Å². The molecule has 1 atom stereocenters. The summed E-state index contributed by atoms with van der Waals surface area (Å²) in [7, 11) is 1.49. The molecule has 34 heavy (non-hydrogen) atoms. The number of aromatic amines is 1. The fourth-order valence-electron chi connectivity index (χ4n) is 4.67. The lowest BCUT2D eigenvalue weighted by Crippen LogP contribution is -2.36. The molecule has 1 aromatic carbocycles. The van der Waals surface area contributed by atoms with Crippen LogP contribution in [0.4, 0.5) is 0 Å². The molecule has 1 aliphatic heterocycles. The van der Waals surface area contributed by atoms with E-state index >= 15 is 0 Å². The fraction of sp³-hybridized carbons (Fsp3) is 0.269. The fourth-order valence-corrected chi connectivity index (χ4v) is 4.67. The number of hydrogen-bond donors (Lipinski definition) is 2. The monoisotopic (exact) mass is 459 g/mol. The van der Waals surface area contributed by atoms with E-state index in [1.807, 2.05) is 18.2 Å². The molecule has 0 saturated heterocycles. The van der Waals surface area contributed by atoms with Crippen molar-refractivity contribution in [3.63, 3.8) is 0 Å². The third-order valence-electron chi connectivity index (χ3n) is 6.33. The number of nitrogens with one attached hydrogen (secondary N) is 1. The van der Waals surface area contributed by atoms with E-state index in [0.29, 0.717) is 13.1 Å². The predicted octanol–water partition coefficient (Wildman–Crippen LogP) is 3.48. The van der Waals surface area contributed by atoms with E-state index in [1.54, 1.807) is 29.4 Å². The van der Waals surface area contributed by atoms with Crippen LogP contribution in [0.25, 0.3) is 10.9 Å². The van der Waals surface area contributed by atoms with Crippen molar-refractivity contribution in [2.75, 3.05) is 13.7 Å². The second-order valence-electron chi connectivity index (χ2n) is 8.45. The minimum absolute atomic E-state index is 0.0342. The summed E-state index contributed by atoms with van der Waals surface area (Å²) in [4.78, 5) is 35.2. The summed E-state index contributed by atoms with van der Waals surface area (Å²) in [5, 5.41) is 11.8. The van der Waals surface area contributed by atoms with E-state index in [0.717, 1.165) is 23.2 Å². The number of fused-ring (bicyclic) bond motifs is 3. The van der Waals surface area contributed by atoms with Crippen molar-refractivity contribution in [1.29, 1.82) is 0 Å². The predicted molar refractivity (Wildman–Crippen MR) is 125 cm³/mol. The smallest absolute Gasteiger partial charge is 0.227 e. The highest BCUT2D eigenvalue weighted by atomic mass is 16.5. The Morgan fingerprint density at radius 3 is 2.85 bits per heavy atom. The van der Waals surface area contributed by atoms with Gasteiger partial charge in [0, 0.05) is 55.1 Å². The second kappa shape index (κ2) is 9.15. The molecule has 4 aromatic rings. The number of aromatic hydroxyl groups is 1. The number of rotatable bonds is 6. The largest absolute Gasteiger partial charge is 0.502 e. The summed E-state index contributed by atoms with van der Waals surface area (Å²) < 4.78 is 11.0. The van der Waals surface area contributed by atoms with Gasteiger partial charge in [0.05, 0.1) is 12.5 Å². The van der Waals surface area contributed by atoms with Crippen LogP contribution in [0, 0.1) is 0 Å². The Kier molecular flexibility index (Phi) is 5.90. The maximum atomic E-state index is 13.5. The quantitative estimate of drug-likeness (QED) is 0.457. The van der Waals surface area contributed by atoms with Crippen LogP contribution in [0.2, 0.25) is 0 Å². The summed E-state index contributed by atoms with van der Waals surface area (Å²) in [6.07, 6.45) is 4.01.